The molecule has 5 heterocycles. The van der Waals surface area contributed by atoms with Crippen LogP contribution in [0, 0.1) is 20.7 Å². The second kappa shape index (κ2) is 9.73. The minimum atomic E-state index is -2.28. The molecule has 218 valence electrons. The Morgan fingerprint density at radius 2 is 1.66 bits per heavy atom. The summed E-state index contributed by atoms with van der Waals surface area (Å²) in [6, 6.07) is 22.4. The number of nitrogens with zero attached hydrogens (tertiary/aromatic N) is 4. The Kier molecular flexibility index (Phi) is 5.27. The summed E-state index contributed by atoms with van der Waals surface area (Å²) in [5.74, 6) is 1.14. The van der Waals surface area contributed by atoms with Gasteiger partial charge in [0, 0.05) is 52.9 Å². The maximum absolute atomic E-state index is 7.93. The van der Waals surface area contributed by atoms with Crippen molar-refractivity contribution < 1.29 is 8.53 Å². The van der Waals surface area contributed by atoms with E-state index in [1.807, 2.05) is 31.2 Å². The largest absolute Gasteiger partial charge is 0.456 e. The molecule has 5 aromatic heterocycles. The molecule has 0 saturated carbocycles. The van der Waals surface area contributed by atoms with Crippen molar-refractivity contribution in [3.05, 3.63) is 94.9 Å². The lowest BCUT2D eigenvalue weighted by atomic mass is 9.89. The number of pyridine rings is 2. The first kappa shape index (κ1) is 23.9. The molecule has 0 fully saturated rings. The second-order valence-electron chi connectivity index (χ2n) is 12.3. The number of imidazole rings is 1. The molecule has 44 heavy (non-hydrogen) atoms. The van der Waals surface area contributed by atoms with Crippen molar-refractivity contribution in [2.75, 3.05) is 0 Å². The van der Waals surface area contributed by atoms with Crippen LogP contribution in [0.4, 0.5) is 0 Å². The number of aryl methyl sites for hydroxylation is 3. The summed E-state index contributed by atoms with van der Waals surface area (Å²) in [4.78, 5) is 15.6. The van der Waals surface area contributed by atoms with Gasteiger partial charge in [0.1, 0.15) is 21.8 Å². The van der Waals surface area contributed by atoms with E-state index in [4.69, 9.17) is 18.5 Å². The Morgan fingerprint density at radius 1 is 0.818 bits per heavy atom. The number of para-hydroxylation sites is 1. The lowest BCUT2D eigenvalue weighted by molar-refractivity contribution is 0.654. The van der Waals surface area contributed by atoms with E-state index in [1.54, 1.807) is 6.07 Å². The van der Waals surface area contributed by atoms with E-state index in [9.17, 15) is 0 Å². The summed E-state index contributed by atoms with van der Waals surface area (Å²) in [5.41, 5.74) is 9.89. The van der Waals surface area contributed by atoms with E-state index >= 15 is 0 Å². The molecule has 0 amide bonds. The predicted octanol–water partition coefficient (Wildman–Crippen LogP) is 10.9. The summed E-state index contributed by atoms with van der Waals surface area (Å²) in [6.07, 6.45) is 0. The van der Waals surface area contributed by atoms with Crippen molar-refractivity contribution in [2.24, 2.45) is 0 Å². The van der Waals surface area contributed by atoms with Gasteiger partial charge in [-0.1, -0.05) is 58.0 Å². The molecule has 0 spiro atoms. The Bertz CT molecular complexity index is 2550. The second-order valence-corrected chi connectivity index (χ2v) is 13.4. The van der Waals surface area contributed by atoms with Gasteiger partial charge in [0.2, 0.25) is 0 Å². The molecule has 3 aromatic carbocycles. The quantitative estimate of drug-likeness (QED) is 0.202. The maximum atomic E-state index is 7.93. The third-order valence-corrected chi connectivity index (χ3v) is 9.73. The van der Waals surface area contributed by atoms with Gasteiger partial charge in [-0.2, -0.15) is 0 Å². The number of hydrogen-bond acceptors (Lipinski definition) is 5. The molecule has 0 saturated heterocycles. The monoisotopic (exact) mass is 597 g/mol. The fourth-order valence-corrected chi connectivity index (χ4v) is 7.95. The average molecular weight is 598 g/mol. The number of rotatable bonds is 4. The summed E-state index contributed by atoms with van der Waals surface area (Å²) in [7, 11) is 0. The predicted molar refractivity (Wildman–Crippen MR) is 185 cm³/mol. The molecule has 0 aliphatic carbocycles. The Labute approximate surface area is 264 Å². The first-order chi connectivity index (χ1) is 22.4. The molecule has 0 aliphatic rings. The highest BCUT2D eigenvalue weighted by Gasteiger charge is 2.28. The molecule has 0 N–H and O–H groups in total. The third kappa shape index (κ3) is 3.87. The number of aromatic nitrogens is 4. The normalized spacial score (nSPS) is 13.7. The first-order valence-electron chi connectivity index (χ1n) is 16.6. The molecular weight excluding hydrogens is 561 g/mol. The van der Waals surface area contributed by atoms with E-state index in [0.29, 0.717) is 4.83 Å². The fraction of sp³-hybridized carbons (Fsp3) is 0.237. The molecule has 8 aromatic rings. The van der Waals surface area contributed by atoms with Crippen LogP contribution in [0.25, 0.3) is 70.3 Å². The minimum absolute atomic E-state index is 0.102. The van der Waals surface area contributed by atoms with Gasteiger partial charge in [-0.3, -0.25) is 9.55 Å². The highest BCUT2D eigenvalue weighted by atomic mass is 32.1. The zero-order valence-electron chi connectivity index (χ0n) is 28.6. The number of fused-ring (bicyclic) bond motifs is 7. The first-order valence-corrected chi connectivity index (χ1v) is 15.9. The minimum Gasteiger partial charge on any atom is -0.456 e. The van der Waals surface area contributed by atoms with Crippen LogP contribution in [0.2, 0.25) is 0 Å². The zero-order valence-corrected chi connectivity index (χ0v) is 26.4. The van der Waals surface area contributed by atoms with Crippen molar-refractivity contribution in [1.82, 2.24) is 19.5 Å². The summed E-state index contributed by atoms with van der Waals surface area (Å²) in [6.45, 7) is 10.7. The Morgan fingerprint density at radius 3 is 2.45 bits per heavy atom. The lowest BCUT2D eigenvalue weighted by Gasteiger charge is -2.23. The molecule has 5 nitrogen and oxygen atoms in total. The van der Waals surface area contributed by atoms with Gasteiger partial charge in [0.25, 0.3) is 0 Å². The third-order valence-electron chi connectivity index (χ3n) is 8.67. The summed E-state index contributed by atoms with van der Waals surface area (Å²) < 4.78 is 33.8. The van der Waals surface area contributed by atoms with Crippen LogP contribution in [0.1, 0.15) is 71.9 Å². The number of thiophene rings is 1. The van der Waals surface area contributed by atoms with Crippen LogP contribution in [0.5, 0.6) is 0 Å². The van der Waals surface area contributed by atoms with Crippen molar-refractivity contribution in [3.63, 3.8) is 0 Å². The van der Waals surface area contributed by atoms with E-state index in [1.165, 1.54) is 16.9 Å². The van der Waals surface area contributed by atoms with Gasteiger partial charge in [-0.15, -0.1) is 11.3 Å². The fourth-order valence-electron chi connectivity index (χ4n) is 6.85. The smallest absolute Gasteiger partial charge is 0.146 e. The zero-order chi connectivity index (χ0) is 32.9. The topological polar surface area (TPSA) is 56.7 Å². The van der Waals surface area contributed by atoms with Crippen molar-refractivity contribution in [1.29, 1.82) is 0 Å². The van der Waals surface area contributed by atoms with E-state index < -0.39 is 6.85 Å². The molecule has 0 bridgehead atoms. The van der Waals surface area contributed by atoms with Crippen LogP contribution < -0.4 is 0 Å². The van der Waals surface area contributed by atoms with Gasteiger partial charge in [0.15, 0.2) is 0 Å². The Balaban J connectivity index is 1.55. The van der Waals surface area contributed by atoms with Crippen LogP contribution in [-0.2, 0) is 0 Å². The van der Waals surface area contributed by atoms with Gasteiger partial charge in [-0.05, 0) is 74.5 Å². The van der Waals surface area contributed by atoms with Crippen molar-refractivity contribution in [3.8, 4) is 17.1 Å². The molecule has 8 rings (SSSR count). The van der Waals surface area contributed by atoms with Crippen LogP contribution in [0.15, 0.2) is 71.1 Å². The van der Waals surface area contributed by atoms with E-state index in [2.05, 4.69) is 80.6 Å². The molecular formula is C38H34N4OS. The number of hydrogen-bond donors (Lipinski definition) is 0. The van der Waals surface area contributed by atoms with Crippen LogP contribution in [-0.4, -0.2) is 19.5 Å². The standard InChI is InChI=1S/C38H34N4OS/c1-19(2)27-18-28-24-11-8-9-13-30(24)43-36(28)32(20(3)4)35(27)42-34-23(7)39-22(6)17-29(34)41-37(42)25-12-10-14-31-33(25)26-16-15-21(5)40-38(26)44-31/h8-20H,1-7H3/i5D3. The van der Waals surface area contributed by atoms with E-state index in [0.717, 1.165) is 82.5 Å². The maximum Gasteiger partial charge on any atom is 0.146 e. The van der Waals surface area contributed by atoms with Gasteiger partial charge in [0.05, 0.1) is 22.4 Å². The molecule has 0 aliphatic heterocycles. The van der Waals surface area contributed by atoms with E-state index in [-0.39, 0.29) is 17.5 Å². The highest BCUT2D eigenvalue weighted by molar-refractivity contribution is 7.25. The Hall–Kier alpha value is -4.55. The highest BCUT2D eigenvalue weighted by Crippen LogP contribution is 2.46. The van der Waals surface area contributed by atoms with Crippen molar-refractivity contribution in [2.45, 2.75) is 60.2 Å². The van der Waals surface area contributed by atoms with Crippen molar-refractivity contribution >= 4 is 64.6 Å². The molecule has 0 radical (unpaired) electrons. The van der Waals surface area contributed by atoms with Gasteiger partial charge in [-0.25, -0.2) is 9.97 Å². The van der Waals surface area contributed by atoms with Gasteiger partial charge < -0.3 is 4.42 Å². The van der Waals surface area contributed by atoms with Gasteiger partial charge >= 0.3 is 0 Å². The molecule has 0 unspecified atom stereocenters. The van der Waals surface area contributed by atoms with Crippen LogP contribution >= 0.6 is 11.3 Å². The average Bonchev–Trinajstić information content (AvgIpc) is 3.70. The molecule has 6 heteroatoms. The SMILES string of the molecule is [2H]C([2H])([2H])c1ccc2c(n1)sc1cccc(-c3nc4cc(C)nc(C)c4n3-c3c(C(C)C)cc4c(oc5ccccc54)c3C(C)C)c12. The summed E-state index contributed by atoms with van der Waals surface area (Å²) >= 11 is 1.51. The molecule has 0 atom stereocenters. The number of furan rings is 1. The lowest BCUT2D eigenvalue weighted by Crippen LogP contribution is -2.10. The number of benzene rings is 3. The van der Waals surface area contributed by atoms with Crippen LogP contribution in [0.3, 0.4) is 0 Å². The summed E-state index contributed by atoms with van der Waals surface area (Å²) in [5, 5.41) is 4.16.